The van der Waals surface area contributed by atoms with Gasteiger partial charge in [-0.05, 0) is 122 Å². The smallest absolute Gasteiger partial charge is 0.371 e. The van der Waals surface area contributed by atoms with Gasteiger partial charge >= 0.3 is 17.6 Å². The first-order chi connectivity index (χ1) is 16.2. The van der Waals surface area contributed by atoms with E-state index in [1.807, 2.05) is 0 Å². The average molecular weight is 538 g/mol. The van der Waals surface area contributed by atoms with Crippen LogP contribution in [0.3, 0.4) is 0 Å². The average Bonchev–Trinajstić information content (AvgIpc) is 2.63. The van der Waals surface area contributed by atoms with E-state index in [1.165, 1.54) is 0 Å². The van der Waals surface area contributed by atoms with Crippen molar-refractivity contribution < 1.29 is 26.6 Å². The molecule has 0 fully saturated rings. The molecule has 0 saturated carbocycles. The molecule has 35 heavy (non-hydrogen) atoms. The van der Waals surface area contributed by atoms with E-state index in [0.717, 1.165) is 50.9 Å². The highest BCUT2D eigenvalue weighted by Crippen LogP contribution is 2.25. The van der Waals surface area contributed by atoms with Crippen LogP contribution in [0.1, 0.15) is 109 Å². The Hall–Kier alpha value is 0.154. The van der Waals surface area contributed by atoms with Crippen LogP contribution in [0.5, 0.6) is 0 Å². The summed E-state index contributed by atoms with van der Waals surface area (Å²) in [6, 6.07) is 1.70. The molecule has 212 valence electrons. The van der Waals surface area contributed by atoms with E-state index in [-0.39, 0.29) is 36.6 Å². The molecule has 0 aromatic rings. The molecule has 0 amide bonds. The van der Waals surface area contributed by atoms with Gasteiger partial charge in [0.05, 0.1) is 0 Å². The lowest BCUT2D eigenvalue weighted by Crippen LogP contribution is -2.50. The third-order valence-electron chi connectivity index (χ3n) is 4.66. The number of hydrogen-bond donors (Lipinski definition) is 1. The standard InChI is InChI=1S/C26H59NO6Si2/c1-21(2)28-34(29-22(3)4,30-23(5)6)19-15-13-17-27-18-14-16-20-35(31-24(7)8,32-25(9)10)33-26(11)12/h21-27H,13-20H2,1-12H3. The van der Waals surface area contributed by atoms with Gasteiger partial charge in [-0.15, -0.1) is 0 Å². The largest absolute Gasteiger partial charge is 0.501 e. The van der Waals surface area contributed by atoms with Crippen molar-refractivity contribution in [3.8, 4) is 0 Å². The first-order valence-corrected chi connectivity index (χ1v) is 17.8. The highest BCUT2D eigenvalue weighted by Gasteiger charge is 2.44. The Morgan fingerprint density at radius 2 is 0.629 bits per heavy atom. The maximum atomic E-state index is 6.28. The molecular formula is C26H59NO6Si2. The molecule has 0 aliphatic heterocycles. The normalized spacial score (nSPS) is 13.5. The van der Waals surface area contributed by atoms with Crippen LogP contribution in [-0.2, 0) is 26.6 Å². The first-order valence-electron chi connectivity index (χ1n) is 14.0. The summed E-state index contributed by atoms with van der Waals surface area (Å²) in [4.78, 5) is 0. The Kier molecular flexibility index (Phi) is 18.5. The van der Waals surface area contributed by atoms with E-state index in [4.69, 9.17) is 26.6 Å². The van der Waals surface area contributed by atoms with Gasteiger partial charge in [0, 0.05) is 48.7 Å². The molecule has 0 unspecified atom stereocenters. The van der Waals surface area contributed by atoms with Crippen LogP contribution < -0.4 is 5.32 Å². The minimum Gasteiger partial charge on any atom is -0.371 e. The maximum Gasteiger partial charge on any atom is 0.501 e. The highest BCUT2D eigenvalue weighted by molar-refractivity contribution is 6.61. The molecule has 0 heterocycles. The fourth-order valence-corrected chi connectivity index (χ4v) is 10.7. The molecule has 0 aromatic heterocycles. The van der Waals surface area contributed by atoms with Gasteiger partial charge in [0.1, 0.15) is 0 Å². The quantitative estimate of drug-likeness (QED) is 0.124. The van der Waals surface area contributed by atoms with Crippen molar-refractivity contribution in [1.82, 2.24) is 5.32 Å². The monoisotopic (exact) mass is 537 g/mol. The lowest BCUT2D eigenvalue weighted by atomic mass is 10.3. The summed E-state index contributed by atoms with van der Waals surface area (Å²) in [5.74, 6) is 0. The molecule has 0 rings (SSSR count). The molecule has 1 N–H and O–H groups in total. The molecular weight excluding hydrogens is 478 g/mol. The molecule has 0 spiro atoms. The van der Waals surface area contributed by atoms with Gasteiger partial charge in [-0.2, -0.15) is 0 Å². The summed E-state index contributed by atoms with van der Waals surface area (Å²) in [6.07, 6.45) is 4.72. The van der Waals surface area contributed by atoms with Crippen molar-refractivity contribution in [2.24, 2.45) is 0 Å². The van der Waals surface area contributed by atoms with E-state index >= 15 is 0 Å². The third-order valence-corrected chi connectivity index (χ3v) is 11.6. The number of unbranched alkanes of at least 4 members (excludes halogenated alkanes) is 2. The van der Waals surface area contributed by atoms with Crippen LogP contribution in [-0.4, -0.2) is 67.3 Å². The van der Waals surface area contributed by atoms with Crippen LogP contribution >= 0.6 is 0 Å². The second-order valence-electron chi connectivity index (χ2n) is 11.0. The minimum atomic E-state index is -2.69. The zero-order valence-electron chi connectivity index (χ0n) is 25.1. The summed E-state index contributed by atoms with van der Waals surface area (Å²) in [5.41, 5.74) is 0. The minimum absolute atomic E-state index is 0.0898. The van der Waals surface area contributed by atoms with E-state index in [9.17, 15) is 0 Å². The topological polar surface area (TPSA) is 67.4 Å². The lowest BCUT2D eigenvalue weighted by molar-refractivity contribution is 0.00172. The van der Waals surface area contributed by atoms with Crippen LogP contribution in [0.25, 0.3) is 0 Å². The van der Waals surface area contributed by atoms with Crippen LogP contribution in [0, 0.1) is 0 Å². The molecule has 0 atom stereocenters. The SMILES string of the molecule is CC(C)O[Si](CCCCNCCCC[Si](OC(C)C)(OC(C)C)OC(C)C)(OC(C)C)OC(C)C. The Balaban J connectivity index is 4.56. The number of hydrogen-bond acceptors (Lipinski definition) is 7. The fraction of sp³-hybridized carbons (Fsp3) is 1.00. The van der Waals surface area contributed by atoms with E-state index < -0.39 is 17.6 Å². The fourth-order valence-electron chi connectivity index (χ4n) is 3.98. The lowest BCUT2D eigenvalue weighted by Gasteiger charge is -2.34. The first kappa shape index (κ1) is 35.2. The Bertz CT molecular complexity index is 421. The van der Waals surface area contributed by atoms with Gasteiger partial charge in [-0.25, -0.2) is 0 Å². The summed E-state index contributed by atoms with van der Waals surface area (Å²) in [5, 5.41) is 3.59. The van der Waals surface area contributed by atoms with Crippen molar-refractivity contribution >= 4 is 17.6 Å². The Morgan fingerprint density at radius 1 is 0.400 bits per heavy atom. The maximum absolute atomic E-state index is 6.28. The van der Waals surface area contributed by atoms with Gasteiger partial charge in [0.15, 0.2) is 0 Å². The van der Waals surface area contributed by atoms with Crippen molar-refractivity contribution in [3.63, 3.8) is 0 Å². The summed E-state index contributed by atoms with van der Waals surface area (Å²) in [6.45, 7) is 26.6. The van der Waals surface area contributed by atoms with E-state index in [1.54, 1.807) is 0 Å². The third kappa shape index (κ3) is 18.1. The van der Waals surface area contributed by atoms with E-state index in [2.05, 4.69) is 88.4 Å². The second kappa shape index (κ2) is 18.4. The van der Waals surface area contributed by atoms with Crippen molar-refractivity contribution in [2.75, 3.05) is 13.1 Å². The predicted octanol–water partition coefficient (Wildman–Crippen LogP) is 6.56. The van der Waals surface area contributed by atoms with Gasteiger partial charge < -0.3 is 31.9 Å². The predicted molar refractivity (Wildman–Crippen MR) is 150 cm³/mol. The summed E-state index contributed by atoms with van der Waals surface area (Å²) < 4.78 is 37.7. The van der Waals surface area contributed by atoms with Gasteiger partial charge in [-0.1, -0.05) is 0 Å². The van der Waals surface area contributed by atoms with Crippen molar-refractivity contribution in [2.45, 2.75) is 157 Å². The van der Waals surface area contributed by atoms with Crippen LogP contribution in [0.2, 0.25) is 12.1 Å². The molecule has 0 radical (unpaired) electrons. The number of nitrogens with one attached hydrogen (secondary N) is 1. The molecule has 0 bridgehead atoms. The molecule has 7 nitrogen and oxygen atoms in total. The highest BCUT2D eigenvalue weighted by atomic mass is 28.4. The Labute approximate surface area is 220 Å². The van der Waals surface area contributed by atoms with Crippen molar-refractivity contribution in [3.05, 3.63) is 0 Å². The molecule has 0 saturated heterocycles. The van der Waals surface area contributed by atoms with Crippen LogP contribution in [0.15, 0.2) is 0 Å². The molecule has 0 aromatic carbocycles. The number of rotatable bonds is 22. The summed E-state index contributed by atoms with van der Waals surface area (Å²) >= 11 is 0. The summed E-state index contributed by atoms with van der Waals surface area (Å²) in [7, 11) is -5.39. The zero-order valence-corrected chi connectivity index (χ0v) is 27.1. The van der Waals surface area contributed by atoms with Gasteiger partial charge in [0.2, 0.25) is 0 Å². The molecule has 0 aliphatic rings. The Morgan fingerprint density at radius 3 is 0.829 bits per heavy atom. The van der Waals surface area contributed by atoms with Crippen LogP contribution in [0.4, 0.5) is 0 Å². The zero-order chi connectivity index (χ0) is 27.1. The molecule has 9 heteroatoms. The second-order valence-corrected chi connectivity index (χ2v) is 16.2. The van der Waals surface area contributed by atoms with Gasteiger partial charge in [-0.3, -0.25) is 0 Å². The van der Waals surface area contributed by atoms with Gasteiger partial charge in [0.25, 0.3) is 0 Å². The van der Waals surface area contributed by atoms with Crippen molar-refractivity contribution in [1.29, 1.82) is 0 Å². The molecule has 0 aliphatic carbocycles. The van der Waals surface area contributed by atoms with E-state index in [0.29, 0.717) is 0 Å².